The van der Waals surface area contributed by atoms with Gasteiger partial charge in [0.15, 0.2) is 5.82 Å². The minimum Gasteiger partial charge on any atom is -0.398 e. The molecule has 0 aliphatic carbocycles. The van der Waals surface area contributed by atoms with Gasteiger partial charge in [-0.2, -0.15) is 4.36 Å². The van der Waals surface area contributed by atoms with Crippen molar-refractivity contribution in [1.29, 1.82) is 5.41 Å². The molecule has 1 aromatic heterocycles. The summed E-state index contributed by atoms with van der Waals surface area (Å²) in [4.78, 5) is 4.60. The van der Waals surface area contributed by atoms with Crippen LogP contribution in [-0.4, -0.2) is 27.9 Å². The molecule has 0 aliphatic rings. The van der Waals surface area contributed by atoms with Crippen LogP contribution >= 0.6 is 0 Å². The predicted molar refractivity (Wildman–Crippen MR) is 116 cm³/mol. The van der Waals surface area contributed by atoms with Gasteiger partial charge in [-0.25, -0.2) is 18.0 Å². The van der Waals surface area contributed by atoms with Gasteiger partial charge in [-0.1, -0.05) is 13.8 Å². The van der Waals surface area contributed by atoms with Crippen molar-refractivity contribution in [2.24, 2.45) is 4.36 Å². The maximum Gasteiger partial charge on any atom is 0.169 e. The Bertz CT molecular complexity index is 1250. The number of benzene rings is 2. The van der Waals surface area contributed by atoms with Crippen molar-refractivity contribution in [3.8, 4) is 11.1 Å². The largest absolute Gasteiger partial charge is 0.398 e. The van der Waals surface area contributed by atoms with Crippen molar-refractivity contribution >= 4 is 38.2 Å². The lowest BCUT2D eigenvalue weighted by Gasteiger charge is -2.18. The molecular weight excluding hydrogens is 394 g/mol. The van der Waals surface area contributed by atoms with Crippen LogP contribution in [0, 0.1) is 17.0 Å². The topological polar surface area (TPSA) is 92.2 Å². The van der Waals surface area contributed by atoms with E-state index in [1.165, 1.54) is 24.6 Å². The normalized spacial score (nSPS) is 11.8. The molecule has 3 N–H and O–H groups in total. The molecule has 0 atom stereocenters. The number of hydrogen-bond acceptors (Lipinski definition) is 5. The van der Waals surface area contributed by atoms with Gasteiger partial charge in [0.05, 0.1) is 5.69 Å². The number of anilines is 1. The van der Waals surface area contributed by atoms with Crippen LogP contribution < -0.4 is 5.73 Å². The minimum atomic E-state index is -2.53. The van der Waals surface area contributed by atoms with Crippen molar-refractivity contribution in [1.82, 2.24) is 4.98 Å². The second-order valence-corrected chi connectivity index (χ2v) is 9.96. The van der Waals surface area contributed by atoms with Crippen LogP contribution in [0.25, 0.3) is 21.9 Å². The summed E-state index contributed by atoms with van der Waals surface area (Å²) in [5.41, 5.74) is 8.02. The number of nitrogen functional groups attached to an aromatic ring is 1. The van der Waals surface area contributed by atoms with Gasteiger partial charge in [-0.15, -0.1) is 0 Å². The van der Waals surface area contributed by atoms with Crippen LogP contribution in [0.3, 0.4) is 0 Å². The zero-order valence-electron chi connectivity index (χ0n) is 16.6. The molecule has 0 unspecified atom stereocenters. The number of nitrogens with two attached hydrogens (primary N) is 1. The number of pyridine rings is 1. The molecule has 152 valence electrons. The molecule has 0 bridgehead atoms. The van der Waals surface area contributed by atoms with Gasteiger partial charge in [0, 0.05) is 62.3 Å². The number of halogens is 2. The first kappa shape index (κ1) is 20.9. The van der Waals surface area contributed by atoms with Crippen molar-refractivity contribution in [2.45, 2.75) is 19.8 Å². The number of nitrogens with zero attached hydrogens (tertiary/aromatic N) is 2. The highest BCUT2D eigenvalue weighted by molar-refractivity contribution is 7.92. The molecule has 0 fully saturated rings. The van der Waals surface area contributed by atoms with E-state index in [1.54, 1.807) is 12.1 Å². The molecule has 8 heteroatoms. The van der Waals surface area contributed by atoms with E-state index in [0.29, 0.717) is 33.3 Å². The van der Waals surface area contributed by atoms with Gasteiger partial charge in [-0.3, -0.25) is 0 Å². The lowest BCUT2D eigenvalue weighted by Crippen LogP contribution is -2.03. The first-order valence-electron chi connectivity index (χ1n) is 8.92. The number of hydrogen-bond donors (Lipinski definition) is 2. The monoisotopic (exact) mass is 416 g/mol. The van der Waals surface area contributed by atoms with E-state index in [9.17, 15) is 13.0 Å². The quantitative estimate of drug-likeness (QED) is 0.450. The molecule has 0 saturated carbocycles. The summed E-state index contributed by atoms with van der Waals surface area (Å²) in [6.45, 7) is 3.79. The highest BCUT2D eigenvalue weighted by atomic mass is 32.2. The van der Waals surface area contributed by atoms with E-state index in [1.807, 2.05) is 13.8 Å². The molecule has 29 heavy (non-hydrogen) atoms. The maximum atomic E-state index is 14.7. The Morgan fingerprint density at radius 2 is 1.86 bits per heavy atom. The average molecular weight is 416 g/mol. The summed E-state index contributed by atoms with van der Waals surface area (Å²) in [5.74, 6) is -1.28. The molecule has 0 spiro atoms. The fourth-order valence-corrected chi connectivity index (χ4v) is 3.74. The summed E-state index contributed by atoms with van der Waals surface area (Å²) < 4.78 is 44.9. The third-order valence-corrected chi connectivity index (χ3v) is 5.04. The fraction of sp³-hybridized carbons (Fsp3) is 0.238. The van der Waals surface area contributed by atoms with Crippen LogP contribution in [0.15, 0.2) is 34.7 Å². The number of rotatable bonds is 4. The Labute approximate surface area is 168 Å². The van der Waals surface area contributed by atoms with Crippen molar-refractivity contribution < 1.29 is 13.0 Å². The van der Waals surface area contributed by atoms with Gasteiger partial charge >= 0.3 is 0 Å². The molecule has 0 saturated heterocycles. The summed E-state index contributed by atoms with van der Waals surface area (Å²) in [6.07, 6.45) is 4.10. The zero-order chi connectivity index (χ0) is 21.5. The number of aromatic nitrogens is 1. The highest BCUT2D eigenvalue weighted by Crippen LogP contribution is 2.41. The van der Waals surface area contributed by atoms with E-state index in [2.05, 4.69) is 9.35 Å². The lowest BCUT2D eigenvalue weighted by atomic mass is 9.91. The van der Waals surface area contributed by atoms with Gasteiger partial charge in [0.2, 0.25) is 0 Å². The van der Waals surface area contributed by atoms with Crippen LogP contribution in [0.5, 0.6) is 0 Å². The maximum absolute atomic E-state index is 14.7. The molecule has 5 nitrogen and oxygen atoms in total. The minimum absolute atomic E-state index is 0.126. The lowest BCUT2D eigenvalue weighted by molar-refractivity contribution is 0.585. The first-order valence-corrected chi connectivity index (χ1v) is 11.2. The summed E-state index contributed by atoms with van der Waals surface area (Å²) >= 11 is 0. The molecular formula is C21H22F2N4OS. The molecule has 0 radical (unpaired) electrons. The summed E-state index contributed by atoms with van der Waals surface area (Å²) in [5, 5.41) is 8.68. The SMILES string of the molecule is CC(C)c1nc(N=S(C)(C)=O)c2cc(N)c(C=N)cc2c1-c1ccc(F)cc1F. The van der Waals surface area contributed by atoms with Crippen molar-refractivity contribution in [3.63, 3.8) is 0 Å². The summed E-state index contributed by atoms with van der Waals surface area (Å²) in [7, 11) is -2.53. The van der Waals surface area contributed by atoms with Crippen LogP contribution in [0.1, 0.15) is 31.0 Å². The predicted octanol–water partition coefficient (Wildman–Crippen LogP) is 5.24. The molecule has 3 rings (SSSR count). The average Bonchev–Trinajstić information content (AvgIpc) is 2.60. The fourth-order valence-electron chi connectivity index (χ4n) is 3.19. The third kappa shape index (κ3) is 4.12. The van der Waals surface area contributed by atoms with E-state index >= 15 is 0 Å². The zero-order valence-corrected chi connectivity index (χ0v) is 17.4. The molecule has 0 amide bonds. The second-order valence-electron chi connectivity index (χ2n) is 7.42. The van der Waals surface area contributed by atoms with E-state index in [-0.39, 0.29) is 17.3 Å². The van der Waals surface area contributed by atoms with Gasteiger partial charge < -0.3 is 11.1 Å². The Morgan fingerprint density at radius 1 is 1.17 bits per heavy atom. The standard InChI is InChI=1S/C21H22F2N4OS/c1-11(2)20-19(14-6-5-13(22)8-17(14)23)15-7-12(10-24)18(25)9-16(15)21(26-20)27-29(3,4)28/h5-11,24H,25H2,1-4H3. The van der Waals surface area contributed by atoms with Gasteiger partial charge in [0.1, 0.15) is 11.6 Å². The Hall–Kier alpha value is -2.87. The Kier molecular flexibility index (Phi) is 5.40. The second kappa shape index (κ2) is 7.51. The highest BCUT2D eigenvalue weighted by Gasteiger charge is 2.21. The molecule has 1 heterocycles. The molecule has 2 aromatic carbocycles. The molecule has 0 aliphatic heterocycles. The number of fused-ring (bicyclic) bond motifs is 1. The number of nitrogens with one attached hydrogen (secondary N) is 1. The van der Waals surface area contributed by atoms with Crippen LogP contribution in [-0.2, 0) is 9.73 Å². The van der Waals surface area contributed by atoms with E-state index < -0.39 is 21.4 Å². The smallest absolute Gasteiger partial charge is 0.169 e. The van der Waals surface area contributed by atoms with E-state index in [4.69, 9.17) is 11.1 Å². The van der Waals surface area contributed by atoms with Crippen LogP contribution in [0.4, 0.5) is 20.3 Å². The Balaban J connectivity index is 2.59. The molecule has 3 aromatic rings. The van der Waals surface area contributed by atoms with E-state index in [0.717, 1.165) is 12.3 Å². The van der Waals surface area contributed by atoms with Crippen molar-refractivity contribution in [2.75, 3.05) is 18.2 Å². The van der Waals surface area contributed by atoms with Gasteiger partial charge in [0.25, 0.3) is 0 Å². The first-order chi connectivity index (χ1) is 13.5. The third-order valence-electron chi connectivity index (χ3n) is 4.43. The Morgan fingerprint density at radius 3 is 2.41 bits per heavy atom. The summed E-state index contributed by atoms with van der Waals surface area (Å²) in [6, 6.07) is 6.64. The van der Waals surface area contributed by atoms with Crippen molar-refractivity contribution in [3.05, 3.63) is 53.2 Å². The van der Waals surface area contributed by atoms with Gasteiger partial charge in [-0.05, 0) is 35.6 Å². The van der Waals surface area contributed by atoms with Crippen LogP contribution in [0.2, 0.25) is 0 Å².